The van der Waals surface area contributed by atoms with Gasteiger partial charge in [-0.3, -0.25) is 0 Å². The van der Waals surface area contributed by atoms with Gasteiger partial charge in [0.05, 0.1) is 0 Å². The molecule has 0 amide bonds. The maximum absolute atomic E-state index is 5.07. The van der Waals surface area contributed by atoms with Gasteiger partial charge >= 0.3 is 0 Å². The summed E-state index contributed by atoms with van der Waals surface area (Å²) in [5.41, 5.74) is 0. The number of ether oxygens (including phenoxy) is 1. The second kappa shape index (κ2) is 10.8. The molecule has 1 nitrogen and oxygen atoms in total. The molecule has 0 fully saturated rings. The molecule has 0 saturated heterocycles. The van der Waals surface area contributed by atoms with E-state index in [0.717, 1.165) is 13.2 Å². The van der Waals surface area contributed by atoms with E-state index in [1.807, 2.05) is 6.92 Å². The van der Waals surface area contributed by atoms with Gasteiger partial charge in [0.25, 0.3) is 0 Å². The molecule has 0 aromatic carbocycles. The van der Waals surface area contributed by atoms with Crippen molar-refractivity contribution in [2.75, 3.05) is 13.2 Å². The van der Waals surface area contributed by atoms with Crippen molar-refractivity contribution in [3.8, 4) is 0 Å². The van der Waals surface area contributed by atoms with Crippen LogP contribution in [0.3, 0.4) is 0 Å². The molecule has 0 spiro atoms. The van der Waals surface area contributed by atoms with Gasteiger partial charge in [0.15, 0.2) is 0 Å². The predicted octanol–water partition coefficient (Wildman–Crippen LogP) is 1.82. The Morgan fingerprint density at radius 2 is 1.88 bits per heavy atom. The quantitative estimate of drug-likeness (QED) is 0.619. The molecule has 8 heavy (non-hydrogen) atoms. The minimum Gasteiger partial charge on any atom is -0.382 e. The molecule has 0 rings (SSSR count). The molecule has 48 valence electrons. The third-order valence-electron chi connectivity index (χ3n) is 0.846. The van der Waals surface area contributed by atoms with Crippen molar-refractivity contribution < 1.29 is 30.9 Å². The zero-order valence-electron chi connectivity index (χ0n) is 5.74. The fraction of sp³-hybridized carbons (Fsp3) is 1.00. The van der Waals surface area contributed by atoms with Crippen LogP contribution in [0, 0.1) is 0 Å². The van der Waals surface area contributed by atoms with Crippen LogP contribution in [0.25, 0.3) is 0 Å². The fourth-order valence-corrected chi connectivity index (χ4v) is 0.391. The van der Waals surface area contributed by atoms with Crippen molar-refractivity contribution in [2.45, 2.75) is 26.7 Å². The number of hydrogen-bond acceptors (Lipinski definition) is 1. The zero-order valence-corrected chi connectivity index (χ0v) is 8.19. The van der Waals surface area contributed by atoms with Gasteiger partial charge < -0.3 is 4.74 Å². The van der Waals surface area contributed by atoms with Gasteiger partial charge in [-0.25, -0.2) is 0 Å². The normalized spacial score (nSPS) is 8.25. The van der Waals surface area contributed by atoms with Crippen LogP contribution in [0.1, 0.15) is 26.7 Å². The molecular weight excluding hydrogens is 179 g/mol. The van der Waals surface area contributed by atoms with Gasteiger partial charge in [0.2, 0.25) is 0 Å². The molecule has 0 aliphatic rings. The third kappa shape index (κ3) is 9.96. The van der Waals surface area contributed by atoms with Crippen LogP contribution in [0.4, 0.5) is 0 Å². The van der Waals surface area contributed by atoms with E-state index in [4.69, 9.17) is 4.74 Å². The summed E-state index contributed by atoms with van der Waals surface area (Å²) in [6.07, 6.45) is 2.44. The second-order valence-electron chi connectivity index (χ2n) is 1.55. The van der Waals surface area contributed by atoms with Gasteiger partial charge in [-0.05, 0) is 13.3 Å². The van der Waals surface area contributed by atoms with Crippen LogP contribution >= 0.6 is 0 Å². The van der Waals surface area contributed by atoms with Crippen molar-refractivity contribution in [1.82, 2.24) is 0 Å². The summed E-state index contributed by atoms with van der Waals surface area (Å²) < 4.78 is 5.07. The number of hydrogen-bond donors (Lipinski definition) is 0. The summed E-state index contributed by atoms with van der Waals surface area (Å²) in [7, 11) is 0. The molecule has 0 aliphatic carbocycles. The van der Waals surface area contributed by atoms with E-state index in [1.54, 1.807) is 0 Å². The Hall–Kier alpha value is 0.843. The first kappa shape index (κ1) is 11.6. The zero-order chi connectivity index (χ0) is 5.54. The molecule has 0 aromatic heterocycles. The van der Waals surface area contributed by atoms with Gasteiger partial charge in [0.1, 0.15) is 0 Å². The minimum atomic E-state index is 0. The van der Waals surface area contributed by atoms with Crippen LogP contribution in [0.2, 0.25) is 0 Å². The average Bonchev–Trinajstić information content (AvgIpc) is 1.69. The van der Waals surface area contributed by atoms with Crippen molar-refractivity contribution in [1.29, 1.82) is 0 Å². The minimum absolute atomic E-state index is 0. The predicted molar refractivity (Wildman–Crippen MR) is 31.4 cm³/mol. The van der Waals surface area contributed by atoms with E-state index in [-0.39, 0.29) is 26.2 Å². The van der Waals surface area contributed by atoms with Crippen molar-refractivity contribution in [2.24, 2.45) is 0 Å². The molecule has 0 N–H and O–H groups in total. The SMILES string of the molecule is CCCCOCC.[Zr]. The molecule has 2 heteroatoms. The fourth-order valence-electron chi connectivity index (χ4n) is 0.391. The monoisotopic (exact) mass is 192 g/mol. The Bertz CT molecular complexity index is 27.7. The summed E-state index contributed by atoms with van der Waals surface area (Å²) >= 11 is 0. The first-order valence-electron chi connectivity index (χ1n) is 2.99. The Balaban J connectivity index is 0. The standard InChI is InChI=1S/C6H14O.Zr/c1-3-5-6-7-4-2;/h3-6H2,1-2H3;. The van der Waals surface area contributed by atoms with Crippen molar-refractivity contribution >= 4 is 0 Å². The molecule has 0 aliphatic heterocycles. The maximum atomic E-state index is 5.07. The van der Waals surface area contributed by atoms with Crippen molar-refractivity contribution in [3.63, 3.8) is 0 Å². The maximum Gasteiger partial charge on any atom is 0.0465 e. The molecule has 0 saturated carbocycles. The largest absolute Gasteiger partial charge is 0.382 e. The summed E-state index contributed by atoms with van der Waals surface area (Å²) in [5, 5.41) is 0. The first-order valence-corrected chi connectivity index (χ1v) is 2.99. The molecule has 0 unspecified atom stereocenters. The smallest absolute Gasteiger partial charge is 0.0465 e. The van der Waals surface area contributed by atoms with Gasteiger partial charge in [-0.2, -0.15) is 0 Å². The van der Waals surface area contributed by atoms with Crippen LogP contribution in [0.15, 0.2) is 0 Å². The second-order valence-corrected chi connectivity index (χ2v) is 1.55. The first-order chi connectivity index (χ1) is 3.41. The molecule has 0 atom stereocenters. The van der Waals surface area contributed by atoms with Crippen molar-refractivity contribution in [3.05, 3.63) is 0 Å². The summed E-state index contributed by atoms with van der Waals surface area (Å²) in [6, 6.07) is 0. The third-order valence-corrected chi connectivity index (χ3v) is 0.846. The number of unbranched alkanes of at least 4 members (excludes halogenated alkanes) is 1. The molecule has 0 aromatic rings. The molecule has 0 bridgehead atoms. The number of rotatable bonds is 4. The van der Waals surface area contributed by atoms with Crippen LogP contribution in [0.5, 0.6) is 0 Å². The molecule has 0 radical (unpaired) electrons. The van der Waals surface area contributed by atoms with E-state index in [0.29, 0.717) is 0 Å². The summed E-state index contributed by atoms with van der Waals surface area (Å²) in [6.45, 7) is 5.99. The van der Waals surface area contributed by atoms with E-state index in [1.165, 1.54) is 12.8 Å². The van der Waals surface area contributed by atoms with Gasteiger partial charge in [-0.1, -0.05) is 13.3 Å². The van der Waals surface area contributed by atoms with Gasteiger partial charge in [0, 0.05) is 39.4 Å². The molecular formula is C6H14OZr. The van der Waals surface area contributed by atoms with Crippen LogP contribution < -0.4 is 0 Å². The Kier molecular flexibility index (Phi) is 15.6. The van der Waals surface area contributed by atoms with E-state index in [2.05, 4.69) is 6.92 Å². The summed E-state index contributed by atoms with van der Waals surface area (Å²) in [4.78, 5) is 0. The van der Waals surface area contributed by atoms with Crippen LogP contribution in [-0.4, -0.2) is 13.2 Å². The topological polar surface area (TPSA) is 9.23 Å². The average molecular weight is 193 g/mol. The van der Waals surface area contributed by atoms with E-state index in [9.17, 15) is 0 Å². The van der Waals surface area contributed by atoms with E-state index < -0.39 is 0 Å². The summed E-state index contributed by atoms with van der Waals surface area (Å²) in [5.74, 6) is 0. The Morgan fingerprint density at radius 3 is 2.25 bits per heavy atom. The van der Waals surface area contributed by atoms with Gasteiger partial charge in [-0.15, -0.1) is 0 Å². The Labute approximate surface area is 70.9 Å². The van der Waals surface area contributed by atoms with Crippen LogP contribution in [-0.2, 0) is 30.9 Å². The molecule has 0 heterocycles. The van der Waals surface area contributed by atoms with E-state index >= 15 is 0 Å². The Morgan fingerprint density at radius 1 is 1.25 bits per heavy atom.